The molecule has 3 aromatic rings. The minimum absolute atomic E-state index is 0.0720. The van der Waals surface area contributed by atoms with E-state index in [-0.39, 0.29) is 34.8 Å². The van der Waals surface area contributed by atoms with E-state index in [0.29, 0.717) is 62.3 Å². The van der Waals surface area contributed by atoms with E-state index in [9.17, 15) is 27.9 Å². The van der Waals surface area contributed by atoms with Crippen molar-refractivity contribution >= 4 is 23.6 Å². The standard InChI is InChI=1S/C32H35F3N6O4/c1-2-24-31(17-23(38-24)29(43)44)10-13-41(14-11-31)25-16-26(40-30(36)39-25)45-27(32(33,34)35)19-5-3-18(4-6-19)20-7-8-22-21(15-20)9-12-37-28(22)42/h3-8,15-16,23-24,27,38H,2,9-14,17H2,1H3,(H,37,42)(H,43,44)(H2,36,39,40)/t23?,24?,27-/m1/s1. The lowest BCUT2D eigenvalue weighted by molar-refractivity contribution is -0.198. The molecule has 45 heavy (non-hydrogen) atoms. The zero-order valence-electron chi connectivity index (χ0n) is 24.7. The lowest BCUT2D eigenvalue weighted by Crippen LogP contribution is -2.46. The van der Waals surface area contributed by atoms with E-state index in [1.54, 1.807) is 24.3 Å². The summed E-state index contributed by atoms with van der Waals surface area (Å²) in [7, 11) is 0. The molecule has 2 aromatic carbocycles. The van der Waals surface area contributed by atoms with Crippen LogP contribution >= 0.6 is 0 Å². The third kappa shape index (κ3) is 6.13. The number of fused-ring (bicyclic) bond motifs is 1. The van der Waals surface area contributed by atoms with Crippen LogP contribution in [0.15, 0.2) is 48.5 Å². The number of rotatable bonds is 7. The van der Waals surface area contributed by atoms with Gasteiger partial charge in [0.2, 0.25) is 17.9 Å². The van der Waals surface area contributed by atoms with Crippen molar-refractivity contribution in [1.29, 1.82) is 0 Å². The Balaban J connectivity index is 1.19. The number of anilines is 2. The molecular weight excluding hydrogens is 589 g/mol. The van der Waals surface area contributed by atoms with Crippen molar-refractivity contribution in [1.82, 2.24) is 20.6 Å². The molecule has 2 saturated heterocycles. The van der Waals surface area contributed by atoms with Gasteiger partial charge in [0.25, 0.3) is 5.91 Å². The van der Waals surface area contributed by atoms with E-state index in [1.807, 2.05) is 17.9 Å². The Morgan fingerprint density at radius 3 is 2.51 bits per heavy atom. The first-order chi connectivity index (χ1) is 21.5. The number of aliphatic carboxylic acids is 1. The first-order valence-corrected chi connectivity index (χ1v) is 15.1. The monoisotopic (exact) mass is 624 g/mol. The van der Waals surface area contributed by atoms with Crippen LogP contribution < -0.4 is 26.0 Å². The SMILES string of the molecule is CCC1NC(C(=O)O)CC12CCN(c1cc(O[C@H](c3ccc(-c4ccc5c(c4)CCNC5=O)cc3)C(F)(F)F)nc(N)n1)CC2. The summed E-state index contributed by atoms with van der Waals surface area (Å²) < 4.78 is 48.5. The highest BCUT2D eigenvalue weighted by molar-refractivity contribution is 5.97. The number of benzene rings is 2. The van der Waals surface area contributed by atoms with Crippen LogP contribution in [0.1, 0.15) is 60.2 Å². The number of halogens is 3. The quantitative estimate of drug-likeness (QED) is 0.299. The highest BCUT2D eigenvalue weighted by Gasteiger charge is 2.50. The molecule has 1 spiro atoms. The van der Waals surface area contributed by atoms with Gasteiger partial charge in [0.15, 0.2) is 0 Å². The van der Waals surface area contributed by atoms with E-state index in [2.05, 4.69) is 20.6 Å². The van der Waals surface area contributed by atoms with E-state index in [1.165, 1.54) is 18.2 Å². The number of hydrogen-bond acceptors (Lipinski definition) is 8. The molecule has 10 nitrogen and oxygen atoms in total. The number of carbonyl (C=O) groups is 2. The number of hydrogen-bond donors (Lipinski definition) is 4. The van der Waals surface area contributed by atoms with Crippen LogP contribution in [0, 0.1) is 5.41 Å². The maximum atomic E-state index is 14.3. The summed E-state index contributed by atoms with van der Waals surface area (Å²) in [6, 6.07) is 12.2. The topological polar surface area (TPSA) is 143 Å². The third-order valence-electron chi connectivity index (χ3n) is 9.36. The number of amides is 1. The minimum atomic E-state index is -4.75. The van der Waals surface area contributed by atoms with Crippen LogP contribution in [0.2, 0.25) is 0 Å². The van der Waals surface area contributed by atoms with Crippen molar-refractivity contribution in [3.63, 3.8) is 0 Å². The summed E-state index contributed by atoms with van der Waals surface area (Å²) in [6.45, 7) is 3.65. The van der Waals surface area contributed by atoms with Crippen LogP contribution in [0.25, 0.3) is 11.1 Å². The first-order valence-electron chi connectivity index (χ1n) is 15.1. The normalized spacial score (nSPS) is 21.7. The van der Waals surface area contributed by atoms with Crippen LogP contribution in [0.3, 0.4) is 0 Å². The van der Waals surface area contributed by atoms with Crippen LogP contribution in [0.5, 0.6) is 5.88 Å². The van der Waals surface area contributed by atoms with Gasteiger partial charge in [-0.2, -0.15) is 23.1 Å². The number of carboxylic acid groups (broad SMARTS) is 1. The van der Waals surface area contributed by atoms with Gasteiger partial charge in [0.05, 0.1) is 0 Å². The number of carboxylic acids is 1. The lowest BCUT2D eigenvalue weighted by atomic mass is 9.71. The number of nitrogen functional groups attached to an aromatic ring is 1. The fraction of sp³-hybridized carbons (Fsp3) is 0.438. The Bertz CT molecular complexity index is 1590. The smallest absolute Gasteiger partial charge is 0.429 e. The fourth-order valence-corrected chi connectivity index (χ4v) is 7.03. The van der Waals surface area contributed by atoms with Gasteiger partial charge in [-0.15, -0.1) is 0 Å². The Morgan fingerprint density at radius 2 is 1.84 bits per heavy atom. The molecule has 2 unspecified atom stereocenters. The van der Waals surface area contributed by atoms with Crippen molar-refractivity contribution < 1.29 is 32.6 Å². The summed E-state index contributed by atoms with van der Waals surface area (Å²) in [5.41, 5.74) is 8.67. The second-order valence-electron chi connectivity index (χ2n) is 12.0. The predicted molar refractivity (Wildman–Crippen MR) is 161 cm³/mol. The first kappa shape index (κ1) is 30.6. The van der Waals surface area contributed by atoms with Gasteiger partial charge in [0.1, 0.15) is 11.9 Å². The Morgan fingerprint density at radius 1 is 1.13 bits per heavy atom. The molecule has 0 bridgehead atoms. The van der Waals surface area contributed by atoms with Gasteiger partial charge < -0.3 is 31.1 Å². The van der Waals surface area contributed by atoms with Gasteiger partial charge in [-0.1, -0.05) is 43.3 Å². The highest BCUT2D eigenvalue weighted by atomic mass is 19.4. The van der Waals surface area contributed by atoms with Crippen LogP contribution in [-0.2, 0) is 11.2 Å². The fourth-order valence-electron chi connectivity index (χ4n) is 7.03. The van der Waals surface area contributed by atoms with Crippen LogP contribution in [0.4, 0.5) is 24.9 Å². The summed E-state index contributed by atoms with van der Waals surface area (Å²) in [6.07, 6.45) is -3.62. The minimum Gasteiger partial charge on any atom is -0.480 e. The Kier molecular flexibility index (Phi) is 8.06. The molecule has 238 valence electrons. The summed E-state index contributed by atoms with van der Waals surface area (Å²) >= 11 is 0. The van der Waals surface area contributed by atoms with E-state index < -0.39 is 24.3 Å². The Hall–Kier alpha value is -4.39. The molecule has 1 aromatic heterocycles. The number of carbonyl (C=O) groups excluding carboxylic acids is 1. The highest BCUT2D eigenvalue weighted by Crippen LogP contribution is 2.46. The molecule has 3 aliphatic rings. The second kappa shape index (κ2) is 11.8. The number of nitrogens with one attached hydrogen (secondary N) is 2. The molecular formula is C32H35F3N6O4. The zero-order chi connectivity index (χ0) is 31.9. The molecule has 13 heteroatoms. The molecule has 3 aliphatic heterocycles. The molecule has 4 heterocycles. The molecule has 3 atom stereocenters. The molecule has 2 fully saturated rings. The van der Waals surface area contributed by atoms with Crippen molar-refractivity contribution in [3.8, 4) is 17.0 Å². The molecule has 0 radical (unpaired) electrons. The summed E-state index contributed by atoms with van der Waals surface area (Å²) in [5, 5.41) is 15.6. The molecule has 6 rings (SSSR count). The van der Waals surface area contributed by atoms with Gasteiger partial charge >= 0.3 is 12.1 Å². The van der Waals surface area contributed by atoms with Gasteiger partial charge in [-0.25, -0.2) is 0 Å². The average Bonchev–Trinajstić information content (AvgIpc) is 3.37. The van der Waals surface area contributed by atoms with Crippen molar-refractivity contribution in [2.24, 2.45) is 5.41 Å². The maximum Gasteiger partial charge on any atom is 0.429 e. The van der Waals surface area contributed by atoms with Crippen molar-refractivity contribution in [2.45, 2.75) is 63.4 Å². The predicted octanol–water partition coefficient (Wildman–Crippen LogP) is 4.51. The van der Waals surface area contributed by atoms with Gasteiger partial charge in [0, 0.05) is 42.9 Å². The average molecular weight is 625 g/mol. The number of alkyl halides is 3. The number of nitrogens with two attached hydrogens (primary N) is 1. The number of ether oxygens (including phenoxy) is 1. The molecule has 5 N–H and O–H groups in total. The van der Waals surface area contributed by atoms with Gasteiger partial charge in [-0.3, -0.25) is 9.59 Å². The van der Waals surface area contributed by atoms with E-state index in [0.717, 1.165) is 17.5 Å². The number of piperidine rings is 1. The summed E-state index contributed by atoms with van der Waals surface area (Å²) in [4.78, 5) is 33.9. The molecule has 1 amide bonds. The Labute approximate surface area is 258 Å². The maximum absolute atomic E-state index is 14.3. The van der Waals surface area contributed by atoms with E-state index >= 15 is 0 Å². The van der Waals surface area contributed by atoms with Crippen LogP contribution in [-0.4, -0.2) is 64.8 Å². The number of nitrogens with zero attached hydrogens (tertiary/aromatic N) is 3. The lowest BCUT2D eigenvalue weighted by Gasteiger charge is -2.43. The summed E-state index contributed by atoms with van der Waals surface area (Å²) in [5.74, 6) is -1.14. The number of aromatic nitrogens is 2. The third-order valence-corrected chi connectivity index (χ3v) is 9.36. The molecule has 0 saturated carbocycles. The molecule has 0 aliphatic carbocycles. The van der Waals surface area contributed by atoms with E-state index in [4.69, 9.17) is 10.5 Å². The largest absolute Gasteiger partial charge is 0.480 e. The zero-order valence-corrected chi connectivity index (χ0v) is 24.7. The van der Waals surface area contributed by atoms with Crippen molar-refractivity contribution in [2.75, 3.05) is 30.3 Å². The second-order valence-corrected chi connectivity index (χ2v) is 12.0. The van der Waals surface area contributed by atoms with Crippen molar-refractivity contribution in [3.05, 3.63) is 65.2 Å². The van der Waals surface area contributed by atoms with Gasteiger partial charge in [-0.05, 0) is 60.3 Å².